The molecular weight excluding hydrogens is 298 g/mol. The summed E-state index contributed by atoms with van der Waals surface area (Å²) in [6.07, 6.45) is 2.02. The molecule has 0 spiro atoms. The van der Waals surface area contributed by atoms with Crippen LogP contribution in [0.3, 0.4) is 0 Å². The van der Waals surface area contributed by atoms with Gasteiger partial charge in [-0.25, -0.2) is 0 Å². The Hall–Kier alpha value is -1.95. The summed E-state index contributed by atoms with van der Waals surface area (Å²) in [5.74, 6) is 1.44. The maximum Gasteiger partial charge on any atom is 0.257 e. The number of likely N-dealkylation sites (tertiary alicyclic amines) is 1. The molecule has 1 atom stereocenters. The lowest BCUT2D eigenvalue weighted by molar-refractivity contribution is 0.00712. The van der Waals surface area contributed by atoms with Crippen molar-refractivity contribution in [2.24, 2.45) is 0 Å². The van der Waals surface area contributed by atoms with Crippen LogP contribution in [0.4, 0.5) is 0 Å². The van der Waals surface area contributed by atoms with Crippen molar-refractivity contribution < 1.29 is 23.7 Å². The number of hydrogen-bond donors (Lipinski definition) is 0. The molecule has 1 aromatic rings. The van der Waals surface area contributed by atoms with Crippen LogP contribution in [-0.4, -0.2) is 57.9 Å². The number of rotatable bonds is 6. The van der Waals surface area contributed by atoms with Crippen LogP contribution in [0.5, 0.6) is 17.2 Å². The van der Waals surface area contributed by atoms with Crippen molar-refractivity contribution in [3.8, 4) is 17.2 Å². The normalized spacial score (nSPS) is 17.7. The monoisotopic (exact) mass is 323 g/mol. The quantitative estimate of drug-likeness (QED) is 0.804. The number of hydrogen-bond acceptors (Lipinski definition) is 5. The lowest BCUT2D eigenvalue weighted by Crippen LogP contribution is -2.43. The van der Waals surface area contributed by atoms with Crippen LogP contribution in [0.1, 0.15) is 30.1 Å². The Morgan fingerprint density at radius 2 is 1.78 bits per heavy atom. The summed E-state index contributed by atoms with van der Waals surface area (Å²) in [5.41, 5.74) is 0.474. The zero-order valence-electron chi connectivity index (χ0n) is 14.3. The molecule has 1 aliphatic heterocycles. The molecule has 1 amide bonds. The fourth-order valence-electron chi connectivity index (χ4n) is 2.86. The van der Waals surface area contributed by atoms with Crippen LogP contribution < -0.4 is 14.2 Å². The molecule has 1 saturated heterocycles. The van der Waals surface area contributed by atoms with Gasteiger partial charge >= 0.3 is 0 Å². The average Bonchev–Trinajstić information content (AvgIpc) is 2.60. The van der Waals surface area contributed by atoms with Crippen molar-refractivity contribution in [3.05, 3.63) is 17.7 Å². The molecule has 0 saturated carbocycles. The zero-order valence-corrected chi connectivity index (χ0v) is 14.3. The molecule has 2 rings (SSSR count). The number of amides is 1. The third-order valence-electron chi connectivity index (χ3n) is 4.00. The van der Waals surface area contributed by atoms with E-state index in [1.807, 2.05) is 11.8 Å². The van der Waals surface area contributed by atoms with Gasteiger partial charge in [-0.3, -0.25) is 4.79 Å². The van der Waals surface area contributed by atoms with E-state index in [4.69, 9.17) is 18.9 Å². The first-order chi connectivity index (χ1) is 11.1. The van der Waals surface area contributed by atoms with E-state index in [1.165, 1.54) is 7.11 Å². The summed E-state index contributed by atoms with van der Waals surface area (Å²) in [4.78, 5) is 14.7. The van der Waals surface area contributed by atoms with Crippen LogP contribution in [0.15, 0.2) is 12.1 Å². The van der Waals surface area contributed by atoms with Crippen molar-refractivity contribution in [1.29, 1.82) is 0 Å². The predicted octanol–water partition coefficient (Wildman–Crippen LogP) is 2.35. The molecule has 0 bridgehead atoms. The molecule has 0 N–H and O–H groups in total. The largest absolute Gasteiger partial charge is 0.496 e. The Morgan fingerprint density at radius 3 is 2.39 bits per heavy atom. The lowest BCUT2D eigenvalue weighted by atomic mass is 10.1. The highest BCUT2D eigenvalue weighted by molar-refractivity contribution is 5.98. The van der Waals surface area contributed by atoms with Gasteiger partial charge in [0.1, 0.15) is 5.75 Å². The summed E-state index contributed by atoms with van der Waals surface area (Å²) >= 11 is 0. The lowest BCUT2D eigenvalue weighted by Gasteiger charge is -2.33. The molecule has 6 nitrogen and oxygen atoms in total. The smallest absolute Gasteiger partial charge is 0.257 e. The van der Waals surface area contributed by atoms with E-state index in [1.54, 1.807) is 26.4 Å². The fourth-order valence-corrected chi connectivity index (χ4v) is 2.86. The molecule has 1 aliphatic rings. The van der Waals surface area contributed by atoms with Gasteiger partial charge in [0.2, 0.25) is 0 Å². The molecule has 0 aliphatic carbocycles. The van der Waals surface area contributed by atoms with Crippen molar-refractivity contribution in [2.75, 3.05) is 41.0 Å². The Balaban J connectivity index is 2.27. The van der Waals surface area contributed by atoms with Gasteiger partial charge in [-0.15, -0.1) is 0 Å². The second kappa shape index (κ2) is 8.06. The van der Waals surface area contributed by atoms with E-state index in [2.05, 4.69) is 0 Å². The van der Waals surface area contributed by atoms with Crippen molar-refractivity contribution in [1.82, 2.24) is 4.90 Å². The Kier molecular flexibility index (Phi) is 6.10. The van der Waals surface area contributed by atoms with Gasteiger partial charge in [0.15, 0.2) is 11.5 Å². The maximum atomic E-state index is 12.9. The molecule has 1 aromatic carbocycles. The van der Waals surface area contributed by atoms with E-state index in [0.29, 0.717) is 36.0 Å². The number of ether oxygens (including phenoxy) is 4. The summed E-state index contributed by atoms with van der Waals surface area (Å²) in [7, 11) is 4.64. The first-order valence-electron chi connectivity index (χ1n) is 7.85. The number of benzene rings is 1. The second-order valence-electron chi connectivity index (χ2n) is 5.38. The van der Waals surface area contributed by atoms with Crippen LogP contribution >= 0.6 is 0 Å². The Labute approximate surface area is 137 Å². The van der Waals surface area contributed by atoms with E-state index >= 15 is 0 Å². The third-order valence-corrected chi connectivity index (χ3v) is 4.00. The second-order valence-corrected chi connectivity index (χ2v) is 5.38. The fraction of sp³-hybridized carbons (Fsp3) is 0.588. The van der Waals surface area contributed by atoms with Crippen molar-refractivity contribution in [3.63, 3.8) is 0 Å². The molecule has 1 unspecified atom stereocenters. The zero-order chi connectivity index (χ0) is 16.8. The van der Waals surface area contributed by atoms with Gasteiger partial charge < -0.3 is 23.8 Å². The highest BCUT2D eigenvalue weighted by Gasteiger charge is 2.27. The van der Waals surface area contributed by atoms with Crippen LogP contribution in [-0.2, 0) is 4.74 Å². The number of nitrogens with zero attached hydrogens (tertiary/aromatic N) is 1. The predicted molar refractivity (Wildman–Crippen MR) is 86.6 cm³/mol. The summed E-state index contributed by atoms with van der Waals surface area (Å²) < 4.78 is 21.6. The molecule has 6 heteroatoms. The molecule has 0 aromatic heterocycles. The number of piperidine rings is 1. The standard InChI is InChI=1S/C17H25NO5/c1-5-23-12-7-6-8-18(11-12)17(19)13-9-15(21-3)16(22-4)10-14(13)20-2/h9-10,12H,5-8,11H2,1-4H3. The summed E-state index contributed by atoms with van der Waals surface area (Å²) in [6.45, 7) is 3.95. The molecule has 1 fully saturated rings. The third kappa shape index (κ3) is 3.88. The van der Waals surface area contributed by atoms with Crippen LogP contribution in [0, 0.1) is 0 Å². The molecule has 1 heterocycles. The van der Waals surface area contributed by atoms with Gasteiger partial charge in [-0.1, -0.05) is 0 Å². The van der Waals surface area contributed by atoms with E-state index < -0.39 is 0 Å². The number of carbonyl (C=O) groups is 1. The number of methoxy groups -OCH3 is 3. The summed E-state index contributed by atoms with van der Waals surface area (Å²) in [5, 5.41) is 0. The Bertz CT molecular complexity index is 544. The topological polar surface area (TPSA) is 57.2 Å². The Morgan fingerprint density at radius 1 is 1.13 bits per heavy atom. The first-order valence-corrected chi connectivity index (χ1v) is 7.85. The summed E-state index contributed by atoms with van der Waals surface area (Å²) in [6, 6.07) is 3.35. The highest BCUT2D eigenvalue weighted by Crippen LogP contribution is 2.35. The van der Waals surface area contributed by atoms with E-state index in [-0.39, 0.29) is 12.0 Å². The average molecular weight is 323 g/mol. The van der Waals surface area contributed by atoms with E-state index in [0.717, 1.165) is 19.4 Å². The molecule has 0 radical (unpaired) electrons. The van der Waals surface area contributed by atoms with Crippen LogP contribution in [0.2, 0.25) is 0 Å². The number of carbonyl (C=O) groups excluding carboxylic acids is 1. The minimum absolute atomic E-state index is 0.0767. The molecular formula is C17H25NO5. The van der Waals surface area contributed by atoms with E-state index in [9.17, 15) is 4.79 Å². The molecule has 23 heavy (non-hydrogen) atoms. The van der Waals surface area contributed by atoms with Gasteiger partial charge in [-0.2, -0.15) is 0 Å². The van der Waals surface area contributed by atoms with Crippen molar-refractivity contribution >= 4 is 5.91 Å². The first kappa shape index (κ1) is 17.4. The van der Waals surface area contributed by atoms with Gasteiger partial charge in [0, 0.05) is 31.8 Å². The SMILES string of the molecule is CCOC1CCCN(C(=O)c2cc(OC)c(OC)cc2OC)C1. The van der Waals surface area contributed by atoms with Gasteiger partial charge in [0.05, 0.1) is 33.0 Å². The maximum absolute atomic E-state index is 12.9. The van der Waals surface area contributed by atoms with Crippen molar-refractivity contribution in [2.45, 2.75) is 25.9 Å². The highest BCUT2D eigenvalue weighted by atomic mass is 16.5. The van der Waals surface area contributed by atoms with Crippen LogP contribution in [0.25, 0.3) is 0 Å². The minimum atomic E-state index is -0.0767. The minimum Gasteiger partial charge on any atom is -0.496 e. The molecule has 128 valence electrons. The van der Waals surface area contributed by atoms with Gasteiger partial charge in [-0.05, 0) is 19.8 Å². The van der Waals surface area contributed by atoms with Gasteiger partial charge in [0.25, 0.3) is 5.91 Å².